The molecule has 26 heavy (non-hydrogen) atoms. The monoisotopic (exact) mass is 362 g/mol. The molecule has 1 aliphatic rings. The predicted molar refractivity (Wildman–Crippen MR) is 96.5 cm³/mol. The quantitative estimate of drug-likeness (QED) is 0.372. The van der Waals surface area contributed by atoms with Gasteiger partial charge in [-0.25, -0.2) is 4.79 Å². The smallest absolute Gasteiger partial charge is 0.356 e. The Morgan fingerprint density at radius 3 is 2.58 bits per heavy atom. The van der Waals surface area contributed by atoms with Crippen LogP contribution in [-0.2, 0) is 9.53 Å². The van der Waals surface area contributed by atoms with Gasteiger partial charge in [-0.15, -0.1) is 0 Å². The highest BCUT2D eigenvalue weighted by molar-refractivity contribution is 6.11. The fourth-order valence-electron chi connectivity index (χ4n) is 3.48. The summed E-state index contributed by atoms with van der Waals surface area (Å²) in [7, 11) is 1.32. The number of quaternary nitrogens is 2. The van der Waals surface area contributed by atoms with E-state index in [0.717, 1.165) is 43.6 Å². The summed E-state index contributed by atoms with van der Waals surface area (Å²) in [4.78, 5) is 30.2. The third-order valence-electron chi connectivity index (χ3n) is 4.90. The molecule has 140 valence electrons. The number of para-hydroxylation sites is 1. The SMILES string of the molecule is COC(=O)c1[nH]c2ccccc2c1NC(=O)C[NH+]1CC[NH+](CCO)CC1. The maximum Gasteiger partial charge on any atom is 0.356 e. The van der Waals surface area contributed by atoms with Gasteiger partial charge in [0.05, 0.1) is 19.4 Å². The minimum Gasteiger partial charge on any atom is -0.464 e. The highest BCUT2D eigenvalue weighted by Gasteiger charge is 2.26. The first-order chi connectivity index (χ1) is 12.6. The lowest BCUT2D eigenvalue weighted by molar-refractivity contribution is -1.01. The van der Waals surface area contributed by atoms with Gasteiger partial charge in [0, 0.05) is 10.9 Å². The molecule has 1 saturated heterocycles. The van der Waals surface area contributed by atoms with Gasteiger partial charge in [-0.3, -0.25) is 4.79 Å². The van der Waals surface area contributed by atoms with Crippen LogP contribution in [0, 0.1) is 0 Å². The Kier molecular flexibility index (Phi) is 5.87. The average molecular weight is 362 g/mol. The summed E-state index contributed by atoms with van der Waals surface area (Å²) >= 11 is 0. The van der Waals surface area contributed by atoms with Crippen molar-refractivity contribution in [2.24, 2.45) is 0 Å². The van der Waals surface area contributed by atoms with E-state index in [1.165, 1.54) is 16.9 Å². The zero-order valence-electron chi connectivity index (χ0n) is 14.9. The topological polar surface area (TPSA) is 100 Å². The van der Waals surface area contributed by atoms with Crippen molar-refractivity contribution in [3.05, 3.63) is 30.0 Å². The summed E-state index contributed by atoms with van der Waals surface area (Å²) in [5, 5.41) is 12.7. The van der Waals surface area contributed by atoms with Gasteiger partial charge in [0.2, 0.25) is 0 Å². The predicted octanol–water partition coefficient (Wildman–Crippen LogP) is -2.33. The lowest BCUT2D eigenvalue weighted by atomic mass is 10.2. The zero-order chi connectivity index (χ0) is 18.5. The molecular weight excluding hydrogens is 336 g/mol. The lowest BCUT2D eigenvalue weighted by Crippen LogP contribution is -3.28. The van der Waals surface area contributed by atoms with Crippen molar-refractivity contribution in [3.63, 3.8) is 0 Å². The molecule has 5 N–H and O–H groups in total. The minimum atomic E-state index is -0.509. The van der Waals surface area contributed by atoms with E-state index in [-0.39, 0.29) is 18.2 Å². The van der Waals surface area contributed by atoms with Gasteiger partial charge < -0.3 is 29.9 Å². The summed E-state index contributed by atoms with van der Waals surface area (Å²) in [6.07, 6.45) is 0. The highest BCUT2D eigenvalue weighted by atomic mass is 16.5. The Morgan fingerprint density at radius 2 is 1.88 bits per heavy atom. The second kappa shape index (κ2) is 8.31. The van der Waals surface area contributed by atoms with Gasteiger partial charge in [-0.2, -0.15) is 0 Å². The number of hydrogen-bond donors (Lipinski definition) is 5. The van der Waals surface area contributed by atoms with Gasteiger partial charge in [0.25, 0.3) is 5.91 Å². The number of aliphatic hydroxyl groups is 1. The number of H-pyrrole nitrogens is 1. The molecule has 2 heterocycles. The number of rotatable bonds is 6. The van der Waals surface area contributed by atoms with Crippen LogP contribution in [-0.4, -0.2) is 75.0 Å². The van der Waals surface area contributed by atoms with Crippen molar-refractivity contribution in [1.29, 1.82) is 0 Å². The maximum absolute atomic E-state index is 12.5. The highest BCUT2D eigenvalue weighted by Crippen LogP contribution is 2.28. The number of ether oxygens (including phenoxy) is 1. The molecule has 8 nitrogen and oxygen atoms in total. The van der Waals surface area contributed by atoms with Crippen LogP contribution in [0.5, 0.6) is 0 Å². The van der Waals surface area contributed by atoms with E-state index in [4.69, 9.17) is 9.84 Å². The van der Waals surface area contributed by atoms with Crippen molar-refractivity contribution in [1.82, 2.24) is 4.98 Å². The number of amides is 1. The molecule has 0 spiro atoms. The molecule has 1 aromatic heterocycles. The van der Waals surface area contributed by atoms with E-state index in [0.29, 0.717) is 12.2 Å². The van der Waals surface area contributed by atoms with Crippen LogP contribution in [0.4, 0.5) is 5.69 Å². The first-order valence-corrected chi connectivity index (χ1v) is 8.89. The summed E-state index contributed by atoms with van der Waals surface area (Å²) in [5.41, 5.74) is 1.51. The van der Waals surface area contributed by atoms with E-state index < -0.39 is 5.97 Å². The molecule has 2 aromatic rings. The Bertz CT molecular complexity index is 781. The van der Waals surface area contributed by atoms with E-state index in [2.05, 4.69) is 10.3 Å². The number of aromatic amines is 1. The van der Waals surface area contributed by atoms with Crippen LogP contribution < -0.4 is 15.1 Å². The molecule has 1 amide bonds. The van der Waals surface area contributed by atoms with Gasteiger partial charge in [-0.05, 0) is 6.07 Å². The summed E-state index contributed by atoms with van der Waals surface area (Å²) in [5.74, 6) is -0.634. The number of aliphatic hydroxyl groups excluding tert-OH is 1. The number of benzene rings is 1. The summed E-state index contributed by atoms with van der Waals surface area (Å²) in [6.45, 7) is 4.99. The molecule has 0 radical (unpaired) electrons. The zero-order valence-corrected chi connectivity index (χ0v) is 14.9. The number of esters is 1. The maximum atomic E-state index is 12.5. The number of fused-ring (bicyclic) bond motifs is 1. The van der Waals surface area contributed by atoms with Crippen LogP contribution in [0.15, 0.2) is 24.3 Å². The fourth-order valence-corrected chi connectivity index (χ4v) is 3.48. The number of carbonyl (C=O) groups is 2. The van der Waals surface area contributed by atoms with Crippen molar-refractivity contribution in [2.75, 3.05) is 58.3 Å². The van der Waals surface area contributed by atoms with Crippen molar-refractivity contribution in [3.8, 4) is 0 Å². The largest absolute Gasteiger partial charge is 0.464 e. The van der Waals surface area contributed by atoms with Gasteiger partial charge in [0.15, 0.2) is 6.54 Å². The molecule has 1 aromatic carbocycles. The normalized spacial score (nSPS) is 20.1. The van der Waals surface area contributed by atoms with Crippen LogP contribution in [0.25, 0.3) is 10.9 Å². The van der Waals surface area contributed by atoms with Crippen molar-refractivity contribution < 1.29 is 29.2 Å². The standard InChI is InChI=1S/C18H24N4O4/c1-26-18(25)17-16(13-4-2-3-5-14(13)19-17)20-15(24)12-22-8-6-21(7-9-22)10-11-23/h2-5,19,23H,6-12H2,1H3,(H,20,24)/p+2. The van der Waals surface area contributed by atoms with Crippen LogP contribution in [0.2, 0.25) is 0 Å². The number of nitrogens with one attached hydrogen (secondary N) is 4. The fraction of sp³-hybridized carbons (Fsp3) is 0.444. The van der Waals surface area contributed by atoms with E-state index in [1.807, 2.05) is 24.3 Å². The Balaban J connectivity index is 1.68. The minimum absolute atomic E-state index is 0.125. The van der Waals surface area contributed by atoms with E-state index >= 15 is 0 Å². The Labute approximate surface area is 151 Å². The van der Waals surface area contributed by atoms with Crippen LogP contribution in [0.3, 0.4) is 0 Å². The van der Waals surface area contributed by atoms with Crippen LogP contribution in [0.1, 0.15) is 10.5 Å². The molecule has 0 aliphatic carbocycles. The second-order valence-electron chi connectivity index (χ2n) is 6.61. The van der Waals surface area contributed by atoms with Gasteiger partial charge in [0.1, 0.15) is 38.4 Å². The Morgan fingerprint density at radius 1 is 1.19 bits per heavy atom. The number of anilines is 1. The lowest BCUT2D eigenvalue weighted by Gasteiger charge is -2.28. The second-order valence-corrected chi connectivity index (χ2v) is 6.61. The molecule has 1 fully saturated rings. The molecule has 0 atom stereocenters. The molecule has 0 saturated carbocycles. The summed E-state index contributed by atoms with van der Waals surface area (Å²) in [6, 6.07) is 7.44. The average Bonchev–Trinajstić information content (AvgIpc) is 3.01. The number of methoxy groups -OCH3 is 1. The first-order valence-electron chi connectivity index (χ1n) is 8.89. The molecule has 3 rings (SSSR count). The molecule has 1 aliphatic heterocycles. The molecule has 0 unspecified atom stereocenters. The molecule has 8 heteroatoms. The molecule has 0 bridgehead atoms. The summed E-state index contributed by atoms with van der Waals surface area (Å²) < 4.78 is 4.82. The number of aromatic nitrogens is 1. The number of piperazine rings is 1. The number of carbonyl (C=O) groups excluding carboxylic acids is 2. The van der Waals surface area contributed by atoms with Crippen LogP contribution >= 0.6 is 0 Å². The van der Waals surface area contributed by atoms with E-state index in [1.54, 1.807) is 0 Å². The third-order valence-corrected chi connectivity index (χ3v) is 4.90. The third kappa shape index (κ3) is 4.04. The van der Waals surface area contributed by atoms with E-state index in [9.17, 15) is 9.59 Å². The van der Waals surface area contributed by atoms with Gasteiger partial charge >= 0.3 is 5.97 Å². The number of hydrogen-bond acceptors (Lipinski definition) is 4. The first kappa shape index (κ1) is 18.4. The van der Waals surface area contributed by atoms with Crippen molar-refractivity contribution in [2.45, 2.75) is 0 Å². The Hall–Kier alpha value is -2.42. The van der Waals surface area contributed by atoms with Crippen molar-refractivity contribution >= 4 is 28.5 Å². The van der Waals surface area contributed by atoms with Gasteiger partial charge in [-0.1, -0.05) is 18.2 Å². The molecular formula is C18H26N4O4+2.